The first kappa shape index (κ1) is 13.5. The Bertz CT molecular complexity index is 569. The van der Waals surface area contributed by atoms with E-state index in [1.807, 2.05) is 25.1 Å². The van der Waals surface area contributed by atoms with Crippen LogP contribution in [0.1, 0.15) is 5.56 Å². The second-order valence-electron chi connectivity index (χ2n) is 3.70. The Morgan fingerprint density at radius 3 is 2.58 bits per heavy atom. The van der Waals surface area contributed by atoms with Crippen molar-refractivity contribution in [3.8, 4) is 6.01 Å². The average molecular weight is 325 g/mol. The molecular weight excluding hydrogens is 312 g/mol. The van der Waals surface area contributed by atoms with E-state index in [2.05, 4.69) is 41.6 Å². The third-order valence-corrected chi connectivity index (χ3v) is 2.85. The fraction of sp³-hybridized carbons (Fsp3) is 0.182. The van der Waals surface area contributed by atoms with Crippen LogP contribution >= 0.6 is 15.9 Å². The third kappa shape index (κ3) is 3.30. The molecular formula is C11H13BrN6O. The van der Waals surface area contributed by atoms with Crippen LogP contribution in [-0.2, 0) is 0 Å². The lowest BCUT2D eigenvalue weighted by atomic mass is 10.2. The molecule has 0 saturated heterocycles. The van der Waals surface area contributed by atoms with E-state index in [4.69, 9.17) is 10.6 Å². The Morgan fingerprint density at radius 1 is 1.21 bits per heavy atom. The number of hydrogen-bond acceptors (Lipinski definition) is 7. The molecule has 0 radical (unpaired) electrons. The molecule has 1 heterocycles. The predicted molar refractivity (Wildman–Crippen MR) is 76.4 cm³/mol. The van der Waals surface area contributed by atoms with Crippen molar-refractivity contribution in [2.24, 2.45) is 5.84 Å². The molecule has 0 aliphatic carbocycles. The molecule has 0 fully saturated rings. The Hall–Kier alpha value is -1.93. The van der Waals surface area contributed by atoms with E-state index in [0.717, 1.165) is 15.7 Å². The normalized spacial score (nSPS) is 10.1. The topological polar surface area (TPSA) is 98.0 Å². The summed E-state index contributed by atoms with van der Waals surface area (Å²) in [6.07, 6.45) is 0. The lowest BCUT2D eigenvalue weighted by molar-refractivity contribution is 0.379. The number of nitrogens with two attached hydrogens (primary N) is 1. The third-order valence-electron chi connectivity index (χ3n) is 2.36. The lowest BCUT2D eigenvalue weighted by Crippen LogP contribution is -2.13. The van der Waals surface area contributed by atoms with Crippen molar-refractivity contribution >= 4 is 33.5 Å². The van der Waals surface area contributed by atoms with Crippen molar-refractivity contribution in [2.75, 3.05) is 17.9 Å². The number of hydrogen-bond donors (Lipinski definition) is 3. The number of ether oxygens (including phenoxy) is 1. The number of anilines is 3. The van der Waals surface area contributed by atoms with Crippen LogP contribution in [0.15, 0.2) is 22.7 Å². The van der Waals surface area contributed by atoms with Crippen molar-refractivity contribution in [1.29, 1.82) is 0 Å². The van der Waals surface area contributed by atoms with E-state index in [1.54, 1.807) is 0 Å². The number of benzene rings is 1. The van der Waals surface area contributed by atoms with Gasteiger partial charge in [-0.3, -0.25) is 5.43 Å². The smallest absolute Gasteiger partial charge is 0.322 e. The number of nitrogens with zero attached hydrogens (tertiary/aromatic N) is 3. The number of nitrogens with one attached hydrogen (secondary N) is 2. The summed E-state index contributed by atoms with van der Waals surface area (Å²) in [5, 5.41) is 3.09. The lowest BCUT2D eigenvalue weighted by Gasteiger charge is -2.10. The average Bonchev–Trinajstić information content (AvgIpc) is 2.41. The van der Waals surface area contributed by atoms with Gasteiger partial charge in [-0.1, -0.05) is 15.9 Å². The van der Waals surface area contributed by atoms with Gasteiger partial charge in [-0.05, 0) is 30.7 Å². The van der Waals surface area contributed by atoms with Crippen LogP contribution < -0.4 is 21.3 Å². The standard InChI is InChI=1S/C11H13BrN6O/c1-6-5-7(12)3-4-8(6)14-9-15-10(18-13)17-11(16-9)19-2/h3-5H,13H2,1-2H3,(H2,14,15,16,17,18). The van der Waals surface area contributed by atoms with Gasteiger partial charge in [0, 0.05) is 10.2 Å². The number of aryl methyl sites for hydroxylation is 1. The Labute approximate surface area is 118 Å². The number of halogens is 1. The first-order valence-electron chi connectivity index (χ1n) is 5.42. The zero-order chi connectivity index (χ0) is 13.8. The molecule has 2 rings (SSSR count). The SMILES string of the molecule is COc1nc(NN)nc(Nc2ccc(Br)cc2C)n1. The molecule has 7 nitrogen and oxygen atoms in total. The molecule has 0 bridgehead atoms. The Balaban J connectivity index is 2.31. The van der Waals surface area contributed by atoms with E-state index < -0.39 is 0 Å². The van der Waals surface area contributed by atoms with E-state index in [9.17, 15) is 0 Å². The van der Waals surface area contributed by atoms with Crippen LogP contribution in [-0.4, -0.2) is 22.1 Å². The maximum absolute atomic E-state index is 5.29. The zero-order valence-electron chi connectivity index (χ0n) is 10.4. The molecule has 2 aromatic rings. The highest BCUT2D eigenvalue weighted by Crippen LogP contribution is 2.23. The molecule has 0 aliphatic heterocycles. The molecule has 0 amide bonds. The van der Waals surface area contributed by atoms with Crippen LogP contribution in [0.5, 0.6) is 6.01 Å². The van der Waals surface area contributed by atoms with E-state index in [0.29, 0.717) is 5.95 Å². The molecule has 4 N–H and O–H groups in total. The highest BCUT2D eigenvalue weighted by molar-refractivity contribution is 9.10. The van der Waals surface area contributed by atoms with Gasteiger partial charge in [0.2, 0.25) is 11.9 Å². The number of rotatable bonds is 4. The second kappa shape index (κ2) is 5.81. The number of hydrazine groups is 1. The van der Waals surface area contributed by atoms with Crippen molar-refractivity contribution < 1.29 is 4.74 Å². The molecule has 100 valence electrons. The van der Waals surface area contributed by atoms with Crippen molar-refractivity contribution in [1.82, 2.24) is 15.0 Å². The highest BCUT2D eigenvalue weighted by Gasteiger charge is 2.07. The fourth-order valence-corrected chi connectivity index (χ4v) is 1.93. The number of nitrogen functional groups attached to an aromatic ring is 1. The molecule has 19 heavy (non-hydrogen) atoms. The molecule has 1 aromatic carbocycles. The first-order valence-corrected chi connectivity index (χ1v) is 6.21. The maximum atomic E-state index is 5.29. The van der Waals surface area contributed by atoms with Gasteiger partial charge in [-0.15, -0.1) is 0 Å². The summed E-state index contributed by atoms with van der Waals surface area (Å²) in [5.41, 5.74) is 4.30. The fourth-order valence-electron chi connectivity index (χ4n) is 1.46. The summed E-state index contributed by atoms with van der Waals surface area (Å²) in [5.74, 6) is 5.87. The van der Waals surface area contributed by atoms with Crippen LogP contribution in [0, 0.1) is 6.92 Å². The summed E-state index contributed by atoms with van der Waals surface area (Å²) >= 11 is 3.41. The van der Waals surface area contributed by atoms with Gasteiger partial charge in [-0.25, -0.2) is 5.84 Å². The molecule has 0 spiro atoms. The van der Waals surface area contributed by atoms with Crippen LogP contribution in [0.2, 0.25) is 0 Å². The minimum atomic E-state index is 0.181. The zero-order valence-corrected chi connectivity index (χ0v) is 12.0. The molecule has 8 heteroatoms. The second-order valence-corrected chi connectivity index (χ2v) is 4.61. The maximum Gasteiger partial charge on any atom is 0.322 e. The monoisotopic (exact) mass is 324 g/mol. The van der Waals surface area contributed by atoms with Gasteiger partial charge in [0.1, 0.15) is 0 Å². The predicted octanol–water partition coefficient (Wildman–Crippen LogP) is 1.98. The number of methoxy groups -OCH3 is 1. The first-order chi connectivity index (χ1) is 9.12. The van der Waals surface area contributed by atoms with Crippen LogP contribution in [0.3, 0.4) is 0 Å². The Kier molecular flexibility index (Phi) is 4.13. The Morgan fingerprint density at radius 2 is 1.95 bits per heavy atom. The van der Waals surface area contributed by atoms with E-state index >= 15 is 0 Å². The van der Waals surface area contributed by atoms with Gasteiger partial charge in [0.25, 0.3) is 0 Å². The minimum absolute atomic E-state index is 0.181. The van der Waals surface area contributed by atoms with Gasteiger partial charge >= 0.3 is 6.01 Å². The highest BCUT2D eigenvalue weighted by atomic mass is 79.9. The van der Waals surface area contributed by atoms with Crippen LogP contribution in [0.25, 0.3) is 0 Å². The van der Waals surface area contributed by atoms with Gasteiger partial charge in [0.05, 0.1) is 7.11 Å². The van der Waals surface area contributed by atoms with Crippen molar-refractivity contribution in [3.63, 3.8) is 0 Å². The summed E-state index contributed by atoms with van der Waals surface area (Å²) in [7, 11) is 1.48. The minimum Gasteiger partial charge on any atom is -0.467 e. The quantitative estimate of drug-likeness (QED) is 0.584. The molecule has 0 aliphatic rings. The summed E-state index contributed by atoms with van der Waals surface area (Å²) in [6.45, 7) is 1.98. The van der Waals surface area contributed by atoms with Crippen molar-refractivity contribution in [2.45, 2.75) is 6.92 Å². The molecule has 0 atom stereocenters. The molecule has 0 unspecified atom stereocenters. The molecule has 1 aromatic heterocycles. The van der Waals surface area contributed by atoms with E-state index in [1.165, 1.54) is 7.11 Å². The van der Waals surface area contributed by atoms with Gasteiger partial charge in [-0.2, -0.15) is 15.0 Å². The largest absolute Gasteiger partial charge is 0.467 e. The summed E-state index contributed by atoms with van der Waals surface area (Å²) < 4.78 is 5.99. The van der Waals surface area contributed by atoms with Crippen LogP contribution in [0.4, 0.5) is 17.6 Å². The van der Waals surface area contributed by atoms with Crippen molar-refractivity contribution in [3.05, 3.63) is 28.2 Å². The summed E-state index contributed by atoms with van der Waals surface area (Å²) in [4.78, 5) is 12.1. The summed E-state index contributed by atoms with van der Waals surface area (Å²) in [6, 6.07) is 6.02. The number of aromatic nitrogens is 3. The van der Waals surface area contributed by atoms with Gasteiger partial charge in [0.15, 0.2) is 0 Å². The van der Waals surface area contributed by atoms with E-state index in [-0.39, 0.29) is 12.0 Å². The molecule has 0 saturated carbocycles. The van der Waals surface area contributed by atoms with Gasteiger partial charge < -0.3 is 10.1 Å².